The summed E-state index contributed by atoms with van der Waals surface area (Å²) < 4.78 is 0. The molecule has 2 heterocycles. The number of aryl methyl sites for hydroxylation is 1. The molecule has 0 saturated carbocycles. The van der Waals surface area contributed by atoms with Gasteiger partial charge in [-0.3, -0.25) is 4.79 Å². The van der Waals surface area contributed by atoms with Gasteiger partial charge in [-0.05, 0) is 42.8 Å². The van der Waals surface area contributed by atoms with Gasteiger partial charge >= 0.3 is 0 Å². The second kappa shape index (κ2) is 5.85. The molecular weight excluding hydrogens is 244 g/mol. The van der Waals surface area contributed by atoms with Gasteiger partial charge in [0, 0.05) is 11.4 Å². The van der Waals surface area contributed by atoms with Gasteiger partial charge in [-0.15, -0.1) is 11.3 Å². The Balaban J connectivity index is 1.95. The highest BCUT2D eigenvalue weighted by Crippen LogP contribution is 2.29. The lowest BCUT2D eigenvalue weighted by atomic mass is 9.83. The van der Waals surface area contributed by atoms with Crippen molar-refractivity contribution in [3.8, 4) is 0 Å². The number of rotatable bonds is 5. The first-order valence-corrected chi connectivity index (χ1v) is 7.64. The third-order valence-electron chi connectivity index (χ3n) is 4.03. The van der Waals surface area contributed by atoms with Crippen molar-refractivity contribution in [3.63, 3.8) is 0 Å². The third-order valence-corrected chi connectivity index (χ3v) is 4.99. The van der Waals surface area contributed by atoms with Crippen LogP contribution in [-0.4, -0.2) is 19.0 Å². The Hall–Kier alpha value is -0.870. The van der Waals surface area contributed by atoms with Crippen LogP contribution in [0.1, 0.15) is 37.1 Å². The molecule has 1 atom stereocenters. The Morgan fingerprint density at radius 2 is 2.39 bits per heavy atom. The largest absolute Gasteiger partial charge is 0.351 e. The van der Waals surface area contributed by atoms with Crippen LogP contribution in [0, 0.1) is 5.41 Å². The molecule has 4 heteroatoms. The fourth-order valence-electron chi connectivity index (χ4n) is 2.59. The Morgan fingerprint density at radius 1 is 1.56 bits per heavy atom. The number of hydrogen-bond donors (Lipinski definition) is 2. The Labute approximate surface area is 113 Å². The molecule has 1 amide bonds. The summed E-state index contributed by atoms with van der Waals surface area (Å²) in [7, 11) is 0. The zero-order valence-electron chi connectivity index (χ0n) is 11.2. The Kier molecular flexibility index (Phi) is 4.40. The first-order valence-electron chi connectivity index (χ1n) is 6.76. The van der Waals surface area contributed by atoms with Gasteiger partial charge in [-0.25, -0.2) is 0 Å². The second-order valence-corrected chi connectivity index (χ2v) is 5.97. The van der Waals surface area contributed by atoms with Gasteiger partial charge in [0.25, 0.3) is 0 Å². The van der Waals surface area contributed by atoms with E-state index >= 15 is 0 Å². The van der Waals surface area contributed by atoms with Gasteiger partial charge in [0.15, 0.2) is 0 Å². The van der Waals surface area contributed by atoms with Gasteiger partial charge in [0.2, 0.25) is 5.91 Å². The second-order valence-electron chi connectivity index (χ2n) is 4.97. The van der Waals surface area contributed by atoms with Crippen LogP contribution in [0.2, 0.25) is 0 Å². The van der Waals surface area contributed by atoms with Crippen LogP contribution in [0.25, 0.3) is 0 Å². The lowest BCUT2D eigenvalue weighted by Gasteiger charge is -2.25. The summed E-state index contributed by atoms with van der Waals surface area (Å²) in [4.78, 5) is 13.6. The zero-order valence-corrected chi connectivity index (χ0v) is 12.0. The maximum atomic E-state index is 12.3. The molecule has 1 aliphatic rings. The highest BCUT2D eigenvalue weighted by molar-refractivity contribution is 7.10. The highest BCUT2D eigenvalue weighted by atomic mass is 32.1. The first-order chi connectivity index (χ1) is 8.72. The molecule has 18 heavy (non-hydrogen) atoms. The standard InChI is InChI=1S/C14H22N2OS/c1-3-11-5-8-18-12(11)9-16-13(17)14(4-2)6-7-15-10-14/h5,8,15H,3-4,6-7,9-10H2,1-2H3,(H,16,17). The molecule has 1 aromatic heterocycles. The van der Waals surface area contributed by atoms with Crippen LogP contribution in [0.4, 0.5) is 0 Å². The molecule has 1 aliphatic heterocycles. The number of hydrogen-bond acceptors (Lipinski definition) is 3. The van der Waals surface area contributed by atoms with Gasteiger partial charge < -0.3 is 10.6 Å². The molecule has 0 bridgehead atoms. The molecule has 3 nitrogen and oxygen atoms in total. The maximum Gasteiger partial charge on any atom is 0.227 e. The average molecular weight is 266 g/mol. The van der Waals surface area contributed by atoms with E-state index in [0.29, 0.717) is 6.54 Å². The maximum absolute atomic E-state index is 12.3. The quantitative estimate of drug-likeness (QED) is 0.858. The van der Waals surface area contributed by atoms with Crippen molar-refractivity contribution >= 4 is 17.2 Å². The lowest BCUT2D eigenvalue weighted by Crippen LogP contribution is -2.41. The van der Waals surface area contributed by atoms with Crippen molar-refractivity contribution in [1.29, 1.82) is 0 Å². The van der Waals surface area contributed by atoms with Crippen LogP contribution in [0.15, 0.2) is 11.4 Å². The SMILES string of the molecule is CCc1ccsc1CNC(=O)C1(CC)CCNC1. The number of nitrogens with one attached hydrogen (secondary N) is 2. The molecule has 0 spiro atoms. The molecule has 1 saturated heterocycles. The van der Waals surface area contributed by atoms with Crippen molar-refractivity contribution in [2.75, 3.05) is 13.1 Å². The smallest absolute Gasteiger partial charge is 0.227 e. The van der Waals surface area contributed by atoms with E-state index in [4.69, 9.17) is 0 Å². The molecule has 0 aliphatic carbocycles. The molecule has 0 radical (unpaired) electrons. The van der Waals surface area contributed by atoms with Crippen LogP contribution in [0.3, 0.4) is 0 Å². The zero-order chi connectivity index (χ0) is 13.0. The fourth-order valence-corrected chi connectivity index (χ4v) is 3.50. The van der Waals surface area contributed by atoms with Crippen LogP contribution >= 0.6 is 11.3 Å². The molecular formula is C14H22N2OS. The molecule has 1 fully saturated rings. The average Bonchev–Trinajstić information content (AvgIpc) is 3.05. The van der Waals surface area contributed by atoms with E-state index in [2.05, 4.69) is 35.9 Å². The Morgan fingerprint density at radius 3 is 3.00 bits per heavy atom. The minimum atomic E-state index is -0.177. The van der Waals surface area contributed by atoms with E-state index < -0.39 is 0 Å². The van der Waals surface area contributed by atoms with E-state index in [1.165, 1.54) is 10.4 Å². The van der Waals surface area contributed by atoms with E-state index in [9.17, 15) is 4.79 Å². The monoisotopic (exact) mass is 266 g/mol. The normalized spacial score (nSPS) is 23.2. The van der Waals surface area contributed by atoms with Crippen molar-refractivity contribution in [3.05, 3.63) is 21.9 Å². The fraction of sp³-hybridized carbons (Fsp3) is 0.643. The Bertz CT molecular complexity index is 408. The van der Waals surface area contributed by atoms with E-state index in [1.54, 1.807) is 11.3 Å². The number of thiophene rings is 1. The molecule has 1 aromatic rings. The van der Waals surface area contributed by atoms with Gasteiger partial charge in [-0.1, -0.05) is 13.8 Å². The van der Waals surface area contributed by atoms with Crippen LogP contribution in [-0.2, 0) is 17.8 Å². The first kappa shape index (κ1) is 13.6. The predicted octanol–water partition coefficient (Wildman–Crippen LogP) is 2.32. The van der Waals surface area contributed by atoms with Crippen molar-refractivity contribution in [2.24, 2.45) is 5.41 Å². The molecule has 2 rings (SSSR count). The van der Waals surface area contributed by atoms with Crippen LogP contribution < -0.4 is 10.6 Å². The predicted molar refractivity (Wildman–Crippen MR) is 75.8 cm³/mol. The highest BCUT2D eigenvalue weighted by Gasteiger charge is 2.39. The summed E-state index contributed by atoms with van der Waals surface area (Å²) >= 11 is 1.73. The minimum absolute atomic E-state index is 0.177. The van der Waals surface area contributed by atoms with Crippen LogP contribution in [0.5, 0.6) is 0 Å². The van der Waals surface area contributed by atoms with E-state index in [0.717, 1.165) is 32.4 Å². The van der Waals surface area contributed by atoms with Crippen molar-refractivity contribution < 1.29 is 4.79 Å². The number of carbonyl (C=O) groups excluding carboxylic acids is 1. The number of carbonyl (C=O) groups is 1. The summed E-state index contributed by atoms with van der Waals surface area (Å²) in [5, 5.41) is 8.53. The molecule has 1 unspecified atom stereocenters. The van der Waals surface area contributed by atoms with Gasteiger partial charge in [0.05, 0.1) is 12.0 Å². The van der Waals surface area contributed by atoms with Gasteiger partial charge in [0.1, 0.15) is 0 Å². The number of amides is 1. The summed E-state index contributed by atoms with van der Waals surface area (Å²) in [6.07, 6.45) is 2.91. The summed E-state index contributed by atoms with van der Waals surface area (Å²) in [6.45, 7) is 6.72. The topological polar surface area (TPSA) is 41.1 Å². The van der Waals surface area contributed by atoms with Crippen molar-refractivity contribution in [2.45, 2.75) is 39.7 Å². The minimum Gasteiger partial charge on any atom is -0.351 e. The molecule has 2 N–H and O–H groups in total. The molecule has 0 aromatic carbocycles. The summed E-state index contributed by atoms with van der Waals surface area (Å²) in [5.74, 6) is 0.213. The summed E-state index contributed by atoms with van der Waals surface area (Å²) in [5.41, 5.74) is 1.18. The van der Waals surface area contributed by atoms with Gasteiger partial charge in [-0.2, -0.15) is 0 Å². The molecule has 100 valence electrons. The van der Waals surface area contributed by atoms with Crippen molar-refractivity contribution in [1.82, 2.24) is 10.6 Å². The summed E-state index contributed by atoms with van der Waals surface area (Å²) in [6, 6.07) is 2.15. The third kappa shape index (κ3) is 2.59. The lowest BCUT2D eigenvalue weighted by molar-refractivity contribution is -0.130. The van der Waals surface area contributed by atoms with E-state index in [1.807, 2.05) is 0 Å². The van der Waals surface area contributed by atoms with E-state index in [-0.39, 0.29) is 11.3 Å².